The van der Waals surface area contributed by atoms with E-state index in [4.69, 9.17) is 9.47 Å². The zero-order valence-electron chi connectivity index (χ0n) is 17.3. The van der Waals surface area contributed by atoms with E-state index in [1.807, 2.05) is 0 Å². The number of rotatable bonds is 8. The maximum absolute atomic E-state index is 13.1. The Morgan fingerprint density at radius 2 is 1.79 bits per heavy atom. The lowest BCUT2D eigenvalue weighted by molar-refractivity contribution is 0.00750. The van der Waals surface area contributed by atoms with Crippen molar-refractivity contribution in [1.29, 1.82) is 0 Å². The van der Waals surface area contributed by atoms with Gasteiger partial charge in [0.15, 0.2) is 5.96 Å². The maximum atomic E-state index is 13.1. The molecular formula is C20H34FIN4O2. The third-order valence-corrected chi connectivity index (χ3v) is 4.97. The number of nitrogens with one attached hydrogen (secondary N) is 2. The zero-order chi connectivity index (χ0) is 19.6. The zero-order valence-corrected chi connectivity index (χ0v) is 19.6. The second kappa shape index (κ2) is 13.3. The molecule has 1 heterocycles. The second-order valence-corrected chi connectivity index (χ2v) is 7.07. The lowest BCUT2D eigenvalue weighted by atomic mass is 10.0. The predicted octanol–water partition coefficient (Wildman–Crippen LogP) is 2.65. The molecule has 1 fully saturated rings. The Kier molecular flexibility index (Phi) is 11.9. The van der Waals surface area contributed by atoms with Gasteiger partial charge in [0.25, 0.3) is 0 Å². The van der Waals surface area contributed by atoms with E-state index in [-0.39, 0.29) is 35.9 Å². The molecule has 0 amide bonds. The smallest absolute Gasteiger partial charge is 0.191 e. The third-order valence-electron chi connectivity index (χ3n) is 4.97. The number of aliphatic imine (C=N–C) groups is 1. The Labute approximate surface area is 185 Å². The molecule has 0 saturated carbocycles. The average Bonchev–Trinajstić information content (AvgIpc) is 2.68. The number of benzene rings is 1. The first-order valence-corrected chi connectivity index (χ1v) is 9.59. The summed E-state index contributed by atoms with van der Waals surface area (Å²) >= 11 is 0. The highest BCUT2D eigenvalue weighted by Gasteiger charge is 2.24. The van der Waals surface area contributed by atoms with E-state index in [1.54, 1.807) is 26.3 Å². The summed E-state index contributed by atoms with van der Waals surface area (Å²) in [6.07, 6.45) is -0.177. The summed E-state index contributed by atoms with van der Waals surface area (Å²) in [6.45, 7) is 9.37. The molecule has 28 heavy (non-hydrogen) atoms. The van der Waals surface area contributed by atoms with Crippen LogP contribution in [0, 0.1) is 11.7 Å². The molecule has 1 aromatic carbocycles. The van der Waals surface area contributed by atoms with Crippen molar-refractivity contribution in [3.05, 3.63) is 35.6 Å². The standard InChI is InChI=1S/C20H33FN4O2.HI/c1-15(2)18(25-9-11-27-12-10-25)13-23-20(22-3)24-14-19(26-4)16-5-7-17(21)8-6-16;/h5-8,15,18-19H,9-14H2,1-4H3,(H2,22,23,24);1H. The van der Waals surface area contributed by atoms with E-state index in [0.717, 1.165) is 44.4 Å². The number of hydrogen-bond donors (Lipinski definition) is 2. The largest absolute Gasteiger partial charge is 0.379 e. The number of hydrogen-bond acceptors (Lipinski definition) is 4. The SMILES string of the molecule is CN=C(NCC(OC)c1ccc(F)cc1)NCC(C(C)C)N1CCOCC1.I. The Hall–Kier alpha value is -0.970. The fraction of sp³-hybridized carbons (Fsp3) is 0.650. The molecular weight excluding hydrogens is 474 g/mol. The van der Waals surface area contributed by atoms with Crippen molar-refractivity contribution in [2.24, 2.45) is 10.9 Å². The summed E-state index contributed by atoms with van der Waals surface area (Å²) in [7, 11) is 3.41. The fourth-order valence-electron chi connectivity index (χ4n) is 3.32. The van der Waals surface area contributed by atoms with Crippen LogP contribution >= 0.6 is 24.0 Å². The van der Waals surface area contributed by atoms with E-state index in [0.29, 0.717) is 18.5 Å². The van der Waals surface area contributed by atoms with Crippen LogP contribution < -0.4 is 10.6 Å². The van der Waals surface area contributed by atoms with Crippen LogP contribution in [-0.4, -0.2) is 70.5 Å². The van der Waals surface area contributed by atoms with Crippen molar-refractivity contribution in [1.82, 2.24) is 15.5 Å². The Morgan fingerprint density at radius 1 is 1.18 bits per heavy atom. The number of ether oxygens (including phenoxy) is 2. The van der Waals surface area contributed by atoms with Crippen molar-refractivity contribution in [3.63, 3.8) is 0 Å². The van der Waals surface area contributed by atoms with Crippen LogP contribution in [0.5, 0.6) is 0 Å². The minimum atomic E-state index is -0.248. The summed E-state index contributed by atoms with van der Waals surface area (Å²) in [4.78, 5) is 6.79. The van der Waals surface area contributed by atoms with Gasteiger partial charge in [-0.25, -0.2) is 4.39 Å². The molecule has 0 bridgehead atoms. The van der Waals surface area contributed by atoms with Crippen LogP contribution in [-0.2, 0) is 9.47 Å². The Bertz CT molecular complexity index is 580. The van der Waals surface area contributed by atoms with Gasteiger partial charge in [-0.2, -0.15) is 0 Å². The normalized spacial score (nSPS) is 17.7. The van der Waals surface area contributed by atoms with Gasteiger partial charge in [0, 0.05) is 46.4 Å². The minimum Gasteiger partial charge on any atom is -0.379 e. The molecule has 1 saturated heterocycles. The van der Waals surface area contributed by atoms with Crippen molar-refractivity contribution in [2.45, 2.75) is 26.0 Å². The van der Waals surface area contributed by atoms with Crippen molar-refractivity contribution in [2.75, 3.05) is 53.6 Å². The van der Waals surface area contributed by atoms with Crippen LogP contribution in [0.25, 0.3) is 0 Å². The van der Waals surface area contributed by atoms with Crippen molar-refractivity contribution in [3.8, 4) is 0 Å². The Morgan fingerprint density at radius 3 is 2.32 bits per heavy atom. The topological polar surface area (TPSA) is 58.1 Å². The van der Waals surface area contributed by atoms with Gasteiger partial charge < -0.3 is 20.1 Å². The molecule has 8 heteroatoms. The molecule has 2 rings (SSSR count). The van der Waals surface area contributed by atoms with Crippen LogP contribution in [0.1, 0.15) is 25.5 Å². The van der Waals surface area contributed by atoms with Crippen molar-refractivity contribution >= 4 is 29.9 Å². The summed E-state index contributed by atoms with van der Waals surface area (Å²) in [5, 5.41) is 6.74. The van der Waals surface area contributed by atoms with Gasteiger partial charge in [-0.15, -0.1) is 24.0 Å². The second-order valence-electron chi connectivity index (χ2n) is 7.07. The van der Waals surface area contributed by atoms with Gasteiger partial charge in [-0.05, 0) is 23.6 Å². The van der Waals surface area contributed by atoms with Gasteiger partial charge in [-0.1, -0.05) is 26.0 Å². The van der Waals surface area contributed by atoms with Crippen LogP contribution in [0.4, 0.5) is 4.39 Å². The van der Waals surface area contributed by atoms with Crippen molar-refractivity contribution < 1.29 is 13.9 Å². The summed E-state index contributed by atoms with van der Waals surface area (Å²) in [5.41, 5.74) is 0.926. The Balaban J connectivity index is 0.00000392. The average molecular weight is 508 g/mol. The van der Waals surface area contributed by atoms with Gasteiger partial charge >= 0.3 is 0 Å². The van der Waals surface area contributed by atoms with E-state index >= 15 is 0 Å². The van der Waals surface area contributed by atoms with Crippen LogP contribution in [0.15, 0.2) is 29.3 Å². The molecule has 1 aromatic rings. The number of methoxy groups -OCH3 is 1. The highest BCUT2D eigenvalue weighted by Crippen LogP contribution is 2.16. The molecule has 0 aromatic heterocycles. The minimum absolute atomic E-state index is 0. The molecule has 0 radical (unpaired) electrons. The first-order valence-electron chi connectivity index (χ1n) is 9.59. The number of nitrogens with zero attached hydrogens (tertiary/aromatic N) is 2. The van der Waals surface area contributed by atoms with E-state index in [2.05, 4.69) is 34.4 Å². The lowest BCUT2D eigenvalue weighted by Crippen LogP contribution is -2.52. The maximum Gasteiger partial charge on any atom is 0.191 e. The summed E-state index contributed by atoms with van der Waals surface area (Å²) in [6, 6.07) is 6.81. The lowest BCUT2D eigenvalue weighted by Gasteiger charge is -2.37. The highest BCUT2D eigenvalue weighted by molar-refractivity contribution is 14.0. The predicted molar refractivity (Wildman–Crippen MR) is 122 cm³/mol. The molecule has 6 nitrogen and oxygen atoms in total. The highest BCUT2D eigenvalue weighted by atomic mass is 127. The molecule has 0 aliphatic carbocycles. The van der Waals surface area contributed by atoms with Gasteiger partial charge in [0.2, 0.25) is 0 Å². The first-order chi connectivity index (χ1) is 13.0. The summed E-state index contributed by atoms with van der Waals surface area (Å²) < 4.78 is 24.1. The summed E-state index contributed by atoms with van der Waals surface area (Å²) in [5.74, 6) is 1.01. The fourth-order valence-corrected chi connectivity index (χ4v) is 3.32. The first kappa shape index (κ1) is 25.1. The quantitative estimate of drug-likeness (QED) is 0.322. The van der Waals surface area contributed by atoms with Gasteiger partial charge in [-0.3, -0.25) is 9.89 Å². The molecule has 1 aliphatic heterocycles. The van der Waals surface area contributed by atoms with E-state index in [9.17, 15) is 4.39 Å². The van der Waals surface area contributed by atoms with Gasteiger partial charge in [0.05, 0.1) is 19.3 Å². The van der Waals surface area contributed by atoms with Gasteiger partial charge in [0.1, 0.15) is 5.82 Å². The molecule has 0 spiro atoms. The number of guanidine groups is 1. The molecule has 2 atom stereocenters. The van der Waals surface area contributed by atoms with Crippen LogP contribution in [0.2, 0.25) is 0 Å². The number of halogens is 2. The van der Waals surface area contributed by atoms with E-state index in [1.165, 1.54) is 12.1 Å². The van der Waals surface area contributed by atoms with E-state index < -0.39 is 0 Å². The monoisotopic (exact) mass is 508 g/mol. The molecule has 160 valence electrons. The molecule has 1 aliphatic rings. The third kappa shape index (κ3) is 7.81. The van der Waals surface area contributed by atoms with Crippen LogP contribution in [0.3, 0.4) is 0 Å². The molecule has 2 unspecified atom stereocenters. The number of morpholine rings is 1. The molecule has 2 N–H and O–H groups in total.